The SMILES string of the molecule is CC(NC(=O)c1ccc2c(c1)C(=O)c1ccccc1-2)c1ccc(S(N)(=O)=O)cc1. The highest BCUT2D eigenvalue weighted by Gasteiger charge is 2.27. The molecule has 1 aliphatic rings. The maximum atomic E-state index is 12.7. The van der Waals surface area contributed by atoms with E-state index in [0.29, 0.717) is 16.7 Å². The van der Waals surface area contributed by atoms with Gasteiger partial charge in [0.05, 0.1) is 10.9 Å². The van der Waals surface area contributed by atoms with Gasteiger partial charge in [-0.1, -0.05) is 42.5 Å². The Kier molecular flexibility index (Phi) is 4.56. The first-order valence-corrected chi connectivity index (χ1v) is 10.5. The number of benzene rings is 3. The number of nitrogens with two attached hydrogens (primary N) is 1. The molecule has 7 heteroatoms. The van der Waals surface area contributed by atoms with E-state index in [1.165, 1.54) is 12.1 Å². The average Bonchev–Trinajstić information content (AvgIpc) is 2.99. The lowest BCUT2D eigenvalue weighted by Gasteiger charge is -2.15. The van der Waals surface area contributed by atoms with Crippen molar-refractivity contribution in [3.63, 3.8) is 0 Å². The quantitative estimate of drug-likeness (QED) is 0.543. The molecule has 29 heavy (non-hydrogen) atoms. The van der Waals surface area contributed by atoms with E-state index in [0.717, 1.165) is 16.7 Å². The van der Waals surface area contributed by atoms with Gasteiger partial charge in [0.15, 0.2) is 5.78 Å². The Labute approximate surface area is 168 Å². The van der Waals surface area contributed by atoms with Crippen LogP contribution in [0.2, 0.25) is 0 Å². The third kappa shape index (κ3) is 3.46. The number of primary sulfonamides is 1. The van der Waals surface area contributed by atoms with Gasteiger partial charge in [-0.25, -0.2) is 13.6 Å². The van der Waals surface area contributed by atoms with Crippen molar-refractivity contribution in [2.45, 2.75) is 17.9 Å². The van der Waals surface area contributed by atoms with Crippen molar-refractivity contribution in [2.75, 3.05) is 0 Å². The first-order chi connectivity index (χ1) is 13.8. The maximum Gasteiger partial charge on any atom is 0.251 e. The topological polar surface area (TPSA) is 106 Å². The van der Waals surface area contributed by atoms with E-state index in [1.807, 2.05) is 18.2 Å². The highest BCUT2D eigenvalue weighted by Crippen LogP contribution is 2.36. The van der Waals surface area contributed by atoms with Gasteiger partial charge in [-0.05, 0) is 47.9 Å². The van der Waals surface area contributed by atoms with Crippen LogP contribution < -0.4 is 10.5 Å². The number of nitrogens with one attached hydrogen (secondary N) is 1. The Morgan fingerprint density at radius 2 is 1.52 bits per heavy atom. The smallest absolute Gasteiger partial charge is 0.251 e. The predicted octanol–water partition coefficient (Wildman–Crippen LogP) is 3.04. The highest BCUT2D eigenvalue weighted by molar-refractivity contribution is 7.89. The summed E-state index contributed by atoms with van der Waals surface area (Å²) in [4.78, 5) is 25.3. The number of rotatable bonds is 4. The van der Waals surface area contributed by atoms with Crippen molar-refractivity contribution in [1.82, 2.24) is 5.32 Å². The second kappa shape index (κ2) is 6.95. The van der Waals surface area contributed by atoms with Crippen LogP contribution in [-0.4, -0.2) is 20.1 Å². The van der Waals surface area contributed by atoms with Crippen molar-refractivity contribution in [3.8, 4) is 11.1 Å². The number of fused-ring (bicyclic) bond motifs is 3. The molecule has 4 rings (SSSR count). The third-order valence-corrected chi connectivity index (χ3v) is 5.97. The number of hydrogen-bond acceptors (Lipinski definition) is 4. The van der Waals surface area contributed by atoms with E-state index in [-0.39, 0.29) is 22.6 Å². The van der Waals surface area contributed by atoms with Gasteiger partial charge < -0.3 is 5.32 Å². The van der Waals surface area contributed by atoms with E-state index in [2.05, 4.69) is 5.32 Å². The molecule has 0 spiro atoms. The summed E-state index contributed by atoms with van der Waals surface area (Å²) in [7, 11) is -3.76. The van der Waals surface area contributed by atoms with Gasteiger partial charge in [0, 0.05) is 16.7 Å². The van der Waals surface area contributed by atoms with Crippen LogP contribution in [0, 0.1) is 0 Å². The molecule has 6 nitrogen and oxygen atoms in total. The number of sulfonamides is 1. The Balaban J connectivity index is 1.55. The Hall–Kier alpha value is -3.29. The number of hydrogen-bond donors (Lipinski definition) is 2. The van der Waals surface area contributed by atoms with Crippen molar-refractivity contribution in [2.24, 2.45) is 5.14 Å². The fraction of sp³-hybridized carbons (Fsp3) is 0.0909. The summed E-state index contributed by atoms with van der Waals surface area (Å²) in [5.74, 6) is -0.406. The largest absolute Gasteiger partial charge is 0.346 e. The fourth-order valence-electron chi connectivity index (χ4n) is 3.48. The first-order valence-electron chi connectivity index (χ1n) is 8.97. The molecule has 1 unspecified atom stereocenters. The van der Waals surface area contributed by atoms with Crippen molar-refractivity contribution < 1.29 is 18.0 Å². The van der Waals surface area contributed by atoms with Crippen LogP contribution in [0.15, 0.2) is 71.6 Å². The summed E-state index contributed by atoms with van der Waals surface area (Å²) >= 11 is 0. The Morgan fingerprint density at radius 1 is 0.897 bits per heavy atom. The second-order valence-electron chi connectivity index (χ2n) is 6.94. The van der Waals surface area contributed by atoms with Gasteiger partial charge >= 0.3 is 0 Å². The molecule has 0 radical (unpaired) electrons. The molecule has 0 aliphatic heterocycles. The summed E-state index contributed by atoms with van der Waals surface area (Å²) < 4.78 is 22.7. The minimum Gasteiger partial charge on any atom is -0.346 e. The first kappa shape index (κ1) is 19.0. The minimum absolute atomic E-state index is 0.0106. The molecule has 0 fully saturated rings. The number of carbonyl (C=O) groups is 2. The molecule has 0 heterocycles. The number of amides is 1. The molecule has 0 bridgehead atoms. The monoisotopic (exact) mass is 406 g/mol. The van der Waals surface area contributed by atoms with Crippen LogP contribution >= 0.6 is 0 Å². The third-order valence-electron chi connectivity index (χ3n) is 5.04. The average molecular weight is 406 g/mol. The molecule has 0 aromatic heterocycles. The zero-order chi connectivity index (χ0) is 20.8. The van der Waals surface area contributed by atoms with Gasteiger partial charge in [0.2, 0.25) is 10.0 Å². The van der Waals surface area contributed by atoms with Crippen LogP contribution in [0.4, 0.5) is 0 Å². The predicted molar refractivity (Wildman–Crippen MR) is 109 cm³/mol. The van der Waals surface area contributed by atoms with Crippen LogP contribution in [0.25, 0.3) is 11.1 Å². The zero-order valence-electron chi connectivity index (χ0n) is 15.5. The molecule has 3 N–H and O–H groups in total. The molecule has 146 valence electrons. The van der Waals surface area contributed by atoms with E-state index < -0.39 is 10.0 Å². The summed E-state index contributed by atoms with van der Waals surface area (Å²) in [6.07, 6.45) is 0. The summed E-state index contributed by atoms with van der Waals surface area (Å²) in [5.41, 5.74) is 3.98. The summed E-state index contributed by atoms with van der Waals surface area (Å²) in [6, 6.07) is 18.1. The van der Waals surface area contributed by atoms with Crippen LogP contribution in [0.3, 0.4) is 0 Å². The van der Waals surface area contributed by atoms with E-state index in [9.17, 15) is 18.0 Å². The van der Waals surface area contributed by atoms with Gasteiger partial charge in [-0.3, -0.25) is 9.59 Å². The minimum atomic E-state index is -3.76. The lowest BCUT2D eigenvalue weighted by atomic mass is 10.0. The van der Waals surface area contributed by atoms with E-state index in [4.69, 9.17) is 5.14 Å². The lowest BCUT2D eigenvalue weighted by molar-refractivity contribution is 0.0940. The van der Waals surface area contributed by atoms with Crippen molar-refractivity contribution >= 4 is 21.7 Å². The highest BCUT2D eigenvalue weighted by atomic mass is 32.2. The summed E-state index contributed by atoms with van der Waals surface area (Å²) in [5, 5.41) is 7.97. The zero-order valence-corrected chi connectivity index (χ0v) is 16.4. The molecule has 1 atom stereocenters. The van der Waals surface area contributed by atoms with E-state index in [1.54, 1.807) is 43.3 Å². The molecule has 3 aromatic rings. The molecule has 0 saturated carbocycles. The van der Waals surface area contributed by atoms with E-state index >= 15 is 0 Å². The van der Waals surface area contributed by atoms with Crippen LogP contribution in [-0.2, 0) is 10.0 Å². The molecule has 0 saturated heterocycles. The standard InChI is InChI=1S/C22H18N2O4S/c1-13(14-6-9-16(10-7-14)29(23,27)28)24-22(26)15-8-11-18-17-4-2-3-5-19(17)21(25)20(18)12-15/h2-13H,1H3,(H,24,26)(H2,23,27,28). The van der Waals surface area contributed by atoms with Gasteiger partial charge in [0.1, 0.15) is 0 Å². The normalized spacial score (nSPS) is 13.5. The van der Waals surface area contributed by atoms with Gasteiger partial charge in [-0.2, -0.15) is 0 Å². The van der Waals surface area contributed by atoms with Crippen LogP contribution in [0.1, 0.15) is 44.8 Å². The maximum absolute atomic E-state index is 12.7. The van der Waals surface area contributed by atoms with Gasteiger partial charge in [0.25, 0.3) is 5.91 Å². The number of carbonyl (C=O) groups excluding carboxylic acids is 2. The molecule has 1 aliphatic carbocycles. The fourth-order valence-corrected chi connectivity index (χ4v) is 3.99. The van der Waals surface area contributed by atoms with Crippen LogP contribution in [0.5, 0.6) is 0 Å². The molecular formula is C22H18N2O4S. The summed E-state index contributed by atoms with van der Waals surface area (Å²) in [6.45, 7) is 1.79. The number of ketones is 1. The van der Waals surface area contributed by atoms with Crippen molar-refractivity contribution in [3.05, 3.63) is 89.0 Å². The molecule has 1 amide bonds. The Bertz CT molecular complexity index is 1250. The molecular weight excluding hydrogens is 388 g/mol. The Morgan fingerprint density at radius 3 is 2.17 bits per heavy atom. The lowest BCUT2D eigenvalue weighted by Crippen LogP contribution is -2.26. The van der Waals surface area contributed by atoms with Crippen molar-refractivity contribution in [1.29, 1.82) is 0 Å². The molecule has 3 aromatic carbocycles. The second-order valence-corrected chi connectivity index (χ2v) is 8.51. The van der Waals surface area contributed by atoms with Gasteiger partial charge in [-0.15, -0.1) is 0 Å².